The maximum absolute atomic E-state index is 13.5. The molecule has 0 aliphatic carbocycles. The van der Waals surface area contributed by atoms with Gasteiger partial charge in [0.1, 0.15) is 6.04 Å². The molecule has 32 heavy (non-hydrogen) atoms. The summed E-state index contributed by atoms with van der Waals surface area (Å²) in [5.74, 6) is 1.15. The number of urea groups is 1. The zero-order valence-electron chi connectivity index (χ0n) is 18.3. The average molecular weight is 502 g/mol. The number of nitrogens with zero attached hydrogens (tertiary/aromatic N) is 2. The minimum Gasteiger partial charge on any atom is -0.493 e. The van der Waals surface area contributed by atoms with Crippen LogP contribution in [0.5, 0.6) is 11.5 Å². The molecule has 8 heteroatoms. The molecule has 3 amide bonds. The molecule has 1 N–H and O–H groups in total. The van der Waals surface area contributed by atoms with E-state index < -0.39 is 0 Å². The molecule has 2 aromatic carbocycles. The first-order valence-electron chi connectivity index (χ1n) is 10.8. The number of imide groups is 1. The largest absolute Gasteiger partial charge is 0.493 e. The van der Waals surface area contributed by atoms with Crippen LogP contribution >= 0.6 is 15.9 Å². The van der Waals surface area contributed by atoms with Gasteiger partial charge in [0.25, 0.3) is 0 Å². The van der Waals surface area contributed by atoms with Crippen LogP contribution in [0.2, 0.25) is 0 Å². The van der Waals surface area contributed by atoms with Crippen LogP contribution in [0.15, 0.2) is 46.9 Å². The van der Waals surface area contributed by atoms with E-state index in [1.165, 1.54) is 4.90 Å². The van der Waals surface area contributed by atoms with Gasteiger partial charge in [-0.2, -0.15) is 0 Å². The molecular formula is C24H28BrN3O4. The van der Waals surface area contributed by atoms with Crippen LogP contribution in [0.25, 0.3) is 0 Å². The van der Waals surface area contributed by atoms with Crippen LogP contribution in [-0.4, -0.2) is 61.1 Å². The van der Waals surface area contributed by atoms with E-state index in [2.05, 4.69) is 21.2 Å². The van der Waals surface area contributed by atoms with Crippen molar-refractivity contribution in [3.63, 3.8) is 0 Å². The summed E-state index contributed by atoms with van der Waals surface area (Å²) < 4.78 is 11.7. The summed E-state index contributed by atoms with van der Waals surface area (Å²) in [7, 11) is 3.18. The molecule has 2 saturated heterocycles. The van der Waals surface area contributed by atoms with Crippen molar-refractivity contribution in [2.24, 2.45) is 0 Å². The van der Waals surface area contributed by atoms with E-state index in [0.29, 0.717) is 31.0 Å². The lowest BCUT2D eigenvalue weighted by Crippen LogP contribution is -2.69. The molecule has 0 aromatic heterocycles. The highest BCUT2D eigenvalue weighted by atomic mass is 79.9. The van der Waals surface area contributed by atoms with Crippen molar-refractivity contribution in [3.8, 4) is 11.5 Å². The van der Waals surface area contributed by atoms with Gasteiger partial charge < -0.3 is 19.7 Å². The molecule has 0 saturated carbocycles. The number of rotatable bonds is 7. The number of carbonyl (C=O) groups is 2. The Labute approximate surface area is 196 Å². The number of ether oxygens (including phenoxy) is 2. The van der Waals surface area contributed by atoms with Gasteiger partial charge in [-0.05, 0) is 61.2 Å². The number of piperidine rings is 1. The third-order valence-electron chi connectivity index (χ3n) is 6.17. The highest BCUT2D eigenvalue weighted by molar-refractivity contribution is 9.10. The second-order valence-corrected chi connectivity index (χ2v) is 9.02. The summed E-state index contributed by atoms with van der Waals surface area (Å²) in [6.07, 6.45) is 2.32. The van der Waals surface area contributed by atoms with Gasteiger partial charge in [0.05, 0.1) is 20.3 Å². The van der Waals surface area contributed by atoms with Crippen molar-refractivity contribution in [2.45, 2.75) is 37.9 Å². The first kappa shape index (κ1) is 22.6. The van der Waals surface area contributed by atoms with Crippen LogP contribution in [0.3, 0.4) is 0 Å². The Morgan fingerprint density at radius 3 is 2.47 bits per heavy atom. The molecule has 2 fully saturated rings. The molecule has 2 aromatic rings. The van der Waals surface area contributed by atoms with Gasteiger partial charge in [-0.15, -0.1) is 0 Å². The van der Waals surface area contributed by atoms with Crippen LogP contribution < -0.4 is 14.8 Å². The lowest BCUT2D eigenvalue weighted by atomic mass is 9.93. The second-order valence-electron chi connectivity index (χ2n) is 8.11. The Bertz CT molecular complexity index is 982. The maximum atomic E-state index is 13.5. The van der Waals surface area contributed by atoms with Gasteiger partial charge in [-0.3, -0.25) is 9.69 Å². The number of amides is 3. The molecule has 4 rings (SSSR count). The van der Waals surface area contributed by atoms with Crippen LogP contribution in [0.1, 0.15) is 24.0 Å². The van der Waals surface area contributed by atoms with Gasteiger partial charge in [0.15, 0.2) is 11.5 Å². The van der Waals surface area contributed by atoms with E-state index in [0.717, 1.165) is 35.0 Å². The van der Waals surface area contributed by atoms with E-state index in [4.69, 9.17) is 9.47 Å². The van der Waals surface area contributed by atoms with Crippen LogP contribution in [0.4, 0.5) is 4.79 Å². The monoisotopic (exact) mass is 501 g/mol. The minimum absolute atomic E-state index is 0.121. The number of nitrogens with one attached hydrogen (secondary N) is 1. The molecular weight excluding hydrogens is 474 g/mol. The Morgan fingerprint density at radius 1 is 1.03 bits per heavy atom. The fraction of sp³-hybridized carbons (Fsp3) is 0.417. The SMILES string of the molecule is COc1ccc(CCN2C(=O)C3NCCCC3N(Cc3ccc(Br)cc3)C2=O)cc1OC. The number of benzene rings is 2. The number of methoxy groups -OCH3 is 2. The van der Waals surface area contributed by atoms with Gasteiger partial charge in [0.2, 0.25) is 5.91 Å². The van der Waals surface area contributed by atoms with Crippen LogP contribution in [-0.2, 0) is 17.8 Å². The summed E-state index contributed by atoms with van der Waals surface area (Å²) in [5.41, 5.74) is 2.02. The first-order valence-corrected chi connectivity index (χ1v) is 11.6. The predicted octanol–water partition coefficient (Wildman–Crippen LogP) is 3.59. The van der Waals surface area contributed by atoms with Crippen molar-refractivity contribution in [2.75, 3.05) is 27.3 Å². The minimum atomic E-state index is -0.359. The molecule has 170 valence electrons. The highest BCUT2D eigenvalue weighted by Gasteiger charge is 2.46. The summed E-state index contributed by atoms with van der Waals surface area (Å²) in [4.78, 5) is 29.9. The van der Waals surface area contributed by atoms with E-state index in [1.54, 1.807) is 14.2 Å². The third-order valence-corrected chi connectivity index (χ3v) is 6.70. The Morgan fingerprint density at radius 2 is 1.75 bits per heavy atom. The standard InChI is InChI=1S/C24H28BrN3O4/c1-31-20-10-7-16(14-21(20)32-2)11-13-27-23(29)22-19(4-3-12-26-22)28(24(27)30)15-17-5-8-18(25)9-6-17/h5-10,14,19,22,26H,3-4,11-13,15H2,1-2H3. The smallest absolute Gasteiger partial charge is 0.327 e. The fourth-order valence-corrected chi connectivity index (χ4v) is 4.74. The Hall–Kier alpha value is -2.58. The fourth-order valence-electron chi connectivity index (χ4n) is 4.47. The first-order chi connectivity index (χ1) is 15.5. The summed E-state index contributed by atoms with van der Waals surface area (Å²) >= 11 is 3.46. The van der Waals surface area contributed by atoms with Gasteiger partial charge in [0, 0.05) is 17.6 Å². The van der Waals surface area contributed by atoms with Crippen molar-refractivity contribution < 1.29 is 19.1 Å². The molecule has 0 radical (unpaired) electrons. The molecule has 0 spiro atoms. The molecule has 2 unspecified atom stereocenters. The van der Waals surface area contributed by atoms with E-state index in [1.807, 2.05) is 47.4 Å². The average Bonchev–Trinajstić information content (AvgIpc) is 2.82. The molecule has 0 bridgehead atoms. The van der Waals surface area contributed by atoms with Crippen molar-refractivity contribution in [1.82, 2.24) is 15.1 Å². The van der Waals surface area contributed by atoms with E-state index >= 15 is 0 Å². The number of carbonyl (C=O) groups excluding carboxylic acids is 2. The molecule has 2 aliphatic heterocycles. The summed E-state index contributed by atoms with van der Waals surface area (Å²) in [6, 6.07) is 12.9. The zero-order valence-corrected chi connectivity index (χ0v) is 19.9. The Balaban J connectivity index is 1.54. The molecule has 7 nitrogen and oxygen atoms in total. The number of fused-ring (bicyclic) bond motifs is 1. The van der Waals surface area contributed by atoms with E-state index in [9.17, 15) is 9.59 Å². The molecule has 2 atom stereocenters. The third kappa shape index (κ3) is 4.61. The molecule has 2 aliphatic rings. The topological polar surface area (TPSA) is 71.1 Å². The lowest BCUT2D eigenvalue weighted by Gasteiger charge is -2.47. The van der Waals surface area contributed by atoms with Gasteiger partial charge in [-0.25, -0.2) is 4.79 Å². The summed E-state index contributed by atoms with van der Waals surface area (Å²) in [5, 5.41) is 3.35. The zero-order chi connectivity index (χ0) is 22.7. The second kappa shape index (κ2) is 9.92. The maximum Gasteiger partial charge on any atom is 0.327 e. The van der Waals surface area contributed by atoms with Crippen molar-refractivity contribution >= 4 is 27.9 Å². The molecule has 2 heterocycles. The Kier molecular flexibility index (Phi) is 7.01. The number of hydrogen-bond acceptors (Lipinski definition) is 5. The van der Waals surface area contributed by atoms with Crippen molar-refractivity contribution in [1.29, 1.82) is 0 Å². The van der Waals surface area contributed by atoms with Crippen molar-refractivity contribution in [3.05, 3.63) is 58.1 Å². The number of hydrogen-bond donors (Lipinski definition) is 1. The number of halogens is 1. The highest BCUT2D eigenvalue weighted by Crippen LogP contribution is 2.29. The lowest BCUT2D eigenvalue weighted by molar-refractivity contribution is -0.137. The predicted molar refractivity (Wildman–Crippen MR) is 125 cm³/mol. The normalized spacial score (nSPS) is 20.8. The van der Waals surface area contributed by atoms with Gasteiger partial charge >= 0.3 is 6.03 Å². The van der Waals surface area contributed by atoms with Gasteiger partial charge in [-0.1, -0.05) is 34.1 Å². The quantitative estimate of drug-likeness (QED) is 0.627. The van der Waals surface area contributed by atoms with Crippen LogP contribution in [0, 0.1) is 0 Å². The van der Waals surface area contributed by atoms with E-state index in [-0.39, 0.29) is 24.0 Å². The summed E-state index contributed by atoms with van der Waals surface area (Å²) in [6.45, 7) is 1.58.